The molecule has 0 aliphatic carbocycles. The Balaban J connectivity index is 2.75. The van der Waals surface area contributed by atoms with Crippen LogP contribution in [0.1, 0.15) is 5.56 Å². The van der Waals surface area contributed by atoms with Crippen LogP contribution in [0.2, 0.25) is 0 Å². The Hall–Kier alpha value is -2.02. The summed E-state index contributed by atoms with van der Waals surface area (Å²) in [6, 6.07) is 9.81. The normalized spacial score (nSPS) is 10.6. The first-order valence-corrected chi connectivity index (χ1v) is 4.67. The molecule has 0 saturated heterocycles. The van der Waals surface area contributed by atoms with Crippen molar-refractivity contribution >= 4 is 5.96 Å². The predicted molar refractivity (Wildman–Crippen MR) is 60.0 cm³/mol. The molecular weight excluding hydrogens is 188 g/mol. The Bertz CT molecular complexity index is 364. The second-order valence-corrected chi connectivity index (χ2v) is 2.97. The highest BCUT2D eigenvalue weighted by Crippen LogP contribution is 2.03. The first kappa shape index (κ1) is 11.1. The Morgan fingerprint density at radius 2 is 2.13 bits per heavy atom. The molecule has 4 heteroatoms. The van der Waals surface area contributed by atoms with Crippen LogP contribution in [-0.2, 0) is 6.54 Å². The molecule has 0 atom stereocenters. The van der Waals surface area contributed by atoms with Crippen LogP contribution in [0.3, 0.4) is 0 Å². The zero-order valence-electron chi connectivity index (χ0n) is 8.94. The summed E-state index contributed by atoms with van der Waals surface area (Å²) in [5.41, 5.74) is 1.08. The molecule has 0 radical (unpaired) electrons. The van der Waals surface area contributed by atoms with Crippen molar-refractivity contribution in [2.24, 2.45) is 4.99 Å². The fourth-order valence-electron chi connectivity index (χ4n) is 1.29. The smallest absolute Gasteiger partial charge is 0.207 e. The van der Waals surface area contributed by atoms with Crippen molar-refractivity contribution < 1.29 is 0 Å². The lowest BCUT2D eigenvalue weighted by Crippen LogP contribution is -2.35. The second kappa shape index (κ2) is 5.66. The fourth-order valence-corrected chi connectivity index (χ4v) is 1.29. The van der Waals surface area contributed by atoms with Crippen molar-refractivity contribution in [3.8, 4) is 6.19 Å². The minimum absolute atomic E-state index is 0.533. The molecule has 1 aromatic rings. The lowest BCUT2D eigenvalue weighted by Gasteiger charge is -2.16. The van der Waals surface area contributed by atoms with Crippen LogP contribution in [0.25, 0.3) is 0 Å². The zero-order chi connectivity index (χ0) is 11.1. The van der Waals surface area contributed by atoms with E-state index in [1.807, 2.05) is 30.3 Å². The van der Waals surface area contributed by atoms with E-state index in [-0.39, 0.29) is 0 Å². The summed E-state index contributed by atoms with van der Waals surface area (Å²) in [7, 11) is 3.40. The van der Waals surface area contributed by atoms with Crippen LogP contribution in [0.15, 0.2) is 35.3 Å². The van der Waals surface area contributed by atoms with Crippen LogP contribution in [0.4, 0.5) is 0 Å². The van der Waals surface area contributed by atoms with Gasteiger partial charge in [0.05, 0.1) is 6.54 Å². The van der Waals surface area contributed by atoms with Crippen molar-refractivity contribution in [3.63, 3.8) is 0 Å². The maximum atomic E-state index is 8.98. The molecule has 78 valence electrons. The summed E-state index contributed by atoms with van der Waals surface area (Å²) >= 11 is 0. The van der Waals surface area contributed by atoms with Gasteiger partial charge < -0.3 is 5.32 Å². The van der Waals surface area contributed by atoms with Crippen LogP contribution in [0, 0.1) is 11.5 Å². The first-order chi connectivity index (χ1) is 7.31. The number of benzene rings is 1. The molecule has 0 aliphatic rings. The number of aliphatic imine (C=N–C) groups is 1. The lowest BCUT2D eigenvalue weighted by molar-refractivity contribution is 0.550. The SMILES string of the molecule is CN=C(NC)N(C#N)Cc1ccccc1. The minimum Gasteiger partial charge on any atom is -0.358 e. The molecule has 0 saturated carbocycles. The summed E-state index contributed by atoms with van der Waals surface area (Å²) in [6.45, 7) is 0.533. The van der Waals surface area contributed by atoms with Crippen molar-refractivity contribution in [3.05, 3.63) is 35.9 Å². The molecule has 0 heterocycles. The average Bonchev–Trinajstić information content (AvgIpc) is 2.30. The molecule has 1 aromatic carbocycles. The minimum atomic E-state index is 0.533. The molecular formula is C11H14N4. The van der Waals surface area contributed by atoms with Gasteiger partial charge in [0.15, 0.2) is 6.19 Å². The number of guanidine groups is 1. The maximum absolute atomic E-state index is 8.98. The summed E-state index contributed by atoms with van der Waals surface area (Å²) in [6.07, 6.45) is 2.09. The van der Waals surface area contributed by atoms with Gasteiger partial charge in [-0.2, -0.15) is 5.26 Å². The van der Waals surface area contributed by atoms with Gasteiger partial charge in [0, 0.05) is 14.1 Å². The number of nitrogens with zero attached hydrogens (tertiary/aromatic N) is 3. The van der Waals surface area contributed by atoms with Crippen LogP contribution < -0.4 is 5.32 Å². The Labute approximate surface area is 89.9 Å². The summed E-state index contributed by atoms with van der Waals surface area (Å²) < 4.78 is 0. The third kappa shape index (κ3) is 2.99. The molecule has 1 rings (SSSR count). The third-order valence-corrected chi connectivity index (χ3v) is 2.00. The van der Waals surface area contributed by atoms with Gasteiger partial charge in [0.25, 0.3) is 0 Å². The van der Waals surface area contributed by atoms with E-state index >= 15 is 0 Å². The van der Waals surface area contributed by atoms with Crippen molar-refractivity contribution in [1.29, 1.82) is 5.26 Å². The van der Waals surface area contributed by atoms with Gasteiger partial charge in [-0.1, -0.05) is 30.3 Å². The van der Waals surface area contributed by atoms with Gasteiger partial charge in [0.1, 0.15) is 0 Å². The highest BCUT2D eigenvalue weighted by Gasteiger charge is 2.08. The van der Waals surface area contributed by atoms with Crippen molar-refractivity contribution in [1.82, 2.24) is 10.2 Å². The van der Waals surface area contributed by atoms with Gasteiger partial charge in [-0.3, -0.25) is 4.99 Å². The predicted octanol–water partition coefficient (Wildman–Crippen LogP) is 1.17. The zero-order valence-corrected chi connectivity index (χ0v) is 8.94. The molecule has 0 spiro atoms. The molecule has 4 nitrogen and oxygen atoms in total. The second-order valence-electron chi connectivity index (χ2n) is 2.97. The van der Waals surface area contributed by atoms with Crippen LogP contribution >= 0.6 is 0 Å². The Morgan fingerprint density at radius 1 is 1.47 bits per heavy atom. The van der Waals surface area contributed by atoms with E-state index in [4.69, 9.17) is 5.26 Å². The molecule has 0 fully saturated rings. The molecule has 15 heavy (non-hydrogen) atoms. The van der Waals surface area contributed by atoms with E-state index in [1.54, 1.807) is 14.1 Å². The molecule has 0 unspecified atom stereocenters. The first-order valence-electron chi connectivity index (χ1n) is 4.67. The van der Waals surface area contributed by atoms with E-state index in [9.17, 15) is 0 Å². The summed E-state index contributed by atoms with van der Waals surface area (Å²) in [5, 5.41) is 11.9. The number of nitriles is 1. The summed E-state index contributed by atoms with van der Waals surface area (Å²) in [5.74, 6) is 0.571. The van der Waals surface area contributed by atoms with Gasteiger partial charge in [-0.25, -0.2) is 4.90 Å². The summed E-state index contributed by atoms with van der Waals surface area (Å²) in [4.78, 5) is 5.49. The average molecular weight is 202 g/mol. The number of hydrogen-bond donors (Lipinski definition) is 1. The van der Waals surface area contributed by atoms with Crippen LogP contribution in [-0.4, -0.2) is 25.0 Å². The molecule has 0 aliphatic heterocycles. The maximum Gasteiger partial charge on any atom is 0.207 e. The van der Waals surface area contributed by atoms with Gasteiger partial charge in [-0.05, 0) is 5.56 Å². The molecule has 1 N–H and O–H groups in total. The standard InChI is InChI=1S/C11H14N4/c1-13-11(14-2)15(9-12)8-10-6-4-3-5-7-10/h3-7H,8H2,1-2H3,(H,13,14). The van der Waals surface area contributed by atoms with Gasteiger partial charge in [-0.15, -0.1) is 0 Å². The van der Waals surface area contributed by atoms with Crippen molar-refractivity contribution in [2.75, 3.05) is 14.1 Å². The van der Waals surface area contributed by atoms with Crippen LogP contribution in [0.5, 0.6) is 0 Å². The Kier molecular flexibility index (Phi) is 4.17. The fraction of sp³-hybridized carbons (Fsp3) is 0.273. The lowest BCUT2D eigenvalue weighted by atomic mass is 10.2. The topological polar surface area (TPSA) is 51.4 Å². The molecule has 0 amide bonds. The molecule has 0 bridgehead atoms. The monoisotopic (exact) mass is 202 g/mol. The van der Waals surface area contributed by atoms with E-state index in [0.717, 1.165) is 5.56 Å². The number of hydrogen-bond acceptors (Lipinski definition) is 2. The highest BCUT2D eigenvalue weighted by atomic mass is 15.3. The quantitative estimate of drug-likeness (QED) is 0.339. The highest BCUT2D eigenvalue weighted by molar-refractivity contribution is 5.80. The largest absolute Gasteiger partial charge is 0.358 e. The van der Waals surface area contributed by atoms with E-state index in [2.05, 4.69) is 16.5 Å². The number of nitrogens with one attached hydrogen (secondary N) is 1. The van der Waals surface area contributed by atoms with Gasteiger partial charge >= 0.3 is 0 Å². The number of rotatable bonds is 2. The van der Waals surface area contributed by atoms with E-state index in [1.165, 1.54) is 4.90 Å². The van der Waals surface area contributed by atoms with E-state index in [0.29, 0.717) is 12.5 Å². The third-order valence-electron chi connectivity index (χ3n) is 2.00. The van der Waals surface area contributed by atoms with Crippen molar-refractivity contribution in [2.45, 2.75) is 6.54 Å². The van der Waals surface area contributed by atoms with E-state index < -0.39 is 0 Å². The van der Waals surface area contributed by atoms with Gasteiger partial charge in [0.2, 0.25) is 5.96 Å². The Morgan fingerprint density at radius 3 is 2.60 bits per heavy atom. The molecule has 0 aromatic heterocycles.